The van der Waals surface area contributed by atoms with Crippen LogP contribution in [-0.2, 0) is 27.9 Å². The molecule has 2 unspecified atom stereocenters. The number of quaternary nitrogens is 1. The number of hydrogen-bond donors (Lipinski definition) is 1. The maximum atomic E-state index is 12.6. The third kappa shape index (κ3) is 34.1. The van der Waals surface area contributed by atoms with E-state index in [2.05, 4.69) is 50.3 Å². The van der Waals surface area contributed by atoms with Crippen LogP contribution in [0.25, 0.3) is 0 Å². The lowest BCUT2D eigenvalue weighted by Gasteiger charge is -2.24. The Balaban J connectivity index is 4.34. The fourth-order valence-corrected chi connectivity index (χ4v) is 5.37. The minimum absolute atomic E-state index is 0.0850. The van der Waals surface area contributed by atoms with Crippen LogP contribution in [0.3, 0.4) is 0 Å². The standard InChI is InChI=1S/C37H70NO7P/c1-6-8-10-12-14-16-17-18-19-20-21-22-24-26-28-30-37(39)45-36(35-44-46(40,41)43-33-31-38(3,4)5)34-42-32-29-27-25-23-15-13-11-9-7-2/h8,10,14,16,18-19,36H,6-7,9,11-13,15,17,20-35H2,1-5H3/p+1/b10-8-,16-14-,19-18-. The molecule has 0 aliphatic rings. The summed E-state index contributed by atoms with van der Waals surface area (Å²) in [6.07, 6.45) is 33.1. The fraction of sp³-hybridized carbons (Fsp3) is 0.811. The van der Waals surface area contributed by atoms with Crippen LogP contribution >= 0.6 is 7.82 Å². The lowest BCUT2D eigenvalue weighted by molar-refractivity contribution is -0.870. The van der Waals surface area contributed by atoms with Crippen LogP contribution in [0.2, 0.25) is 0 Å². The quantitative estimate of drug-likeness (QED) is 0.0244. The second kappa shape index (κ2) is 31.0. The second-order valence-corrected chi connectivity index (χ2v) is 14.7. The maximum absolute atomic E-state index is 12.6. The van der Waals surface area contributed by atoms with E-state index in [1.165, 1.54) is 44.9 Å². The normalized spacial score (nSPS) is 14.5. The van der Waals surface area contributed by atoms with E-state index in [1.54, 1.807) is 0 Å². The molecule has 0 saturated carbocycles. The molecule has 0 amide bonds. The smallest absolute Gasteiger partial charge is 0.457 e. The third-order valence-electron chi connectivity index (χ3n) is 7.47. The van der Waals surface area contributed by atoms with Gasteiger partial charge in [0, 0.05) is 13.0 Å². The molecule has 0 aromatic heterocycles. The van der Waals surface area contributed by atoms with E-state index >= 15 is 0 Å². The zero-order chi connectivity index (χ0) is 34.2. The van der Waals surface area contributed by atoms with E-state index in [9.17, 15) is 14.3 Å². The third-order valence-corrected chi connectivity index (χ3v) is 8.45. The van der Waals surface area contributed by atoms with Crippen LogP contribution in [0.1, 0.15) is 136 Å². The van der Waals surface area contributed by atoms with Crippen molar-refractivity contribution in [2.24, 2.45) is 0 Å². The molecule has 270 valence electrons. The number of nitrogens with zero attached hydrogens (tertiary/aromatic N) is 1. The number of hydrogen-bond acceptors (Lipinski definition) is 6. The average molecular weight is 673 g/mol. The number of carbonyl (C=O) groups is 1. The van der Waals surface area contributed by atoms with Crippen molar-refractivity contribution >= 4 is 13.8 Å². The molecular formula is C37H71NO7P+. The highest BCUT2D eigenvalue weighted by atomic mass is 31.2. The van der Waals surface area contributed by atoms with Crippen molar-refractivity contribution in [1.29, 1.82) is 0 Å². The lowest BCUT2D eigenvalue weighted by atomic mass is 10.1. The summed E-state index contributed by atoms with van der Waals surface area (Å²) in [6.45, 7) is 5.46. The van der Waals surface area contributed by atoms with Crippen molar-refractivity contribution in [2.75, 3.05) is 54.1 Å². The minimum atomic E-state index is -4.26. The summed E-state index contributed by atoms with van der Waals surface area (Å²) < 4.78 is 34.7. The van der Waals surface area contributed by atoms with Gasteiger partial charge in [0.2, 0.25) is 0 Å². The number of phosphoric ester groups is 1. The van der Waals surface area contributed by atoms with Gasteiger partial charge in [0.05, 0.1) is 34.4 Å². The Kier molecular flexibility index (Phi) is 30.2. The Morgan fingerprint density at radius 1 is 0.696 bits per heavy atom. The topological polar surface area (TPSA) is 91.3 Å². The number of rotatable bonds is 33. The van der Waals surface area contributed by atoms with Gasteiger partial charge in [0.1, 0.15) is 19.3 Å². The Labute approximate surface area is 283 Å². The Hall–Kier alpha value is -1.28. The molecule has 0 radical (unpaired) electrons. The van der Waals surface area contributed by atoms with E-state index in [1.807, 2.05) is 21.1 Å². The Bertz CT molecular complexity index is 838. The van der Waals surface area contributed by atoms with Gasteiger partial charge in [-0.2, -0.15) is 0 Å². The number of ether oxygens (including phenoxy) is 2. The molecule has 0 heterocycles. The largest absolute Gasteiger partial charge is 0.472 e. The van der Waals surface area contributed by atoms with Crippen molar-refractivity contribution in [2.45, 2.75) is 142 Å². The van der Waals surface area contributed by atoms with Gasteiger partial charge in [-0.1, -0.05) is 121 Å². The van der Waals surface area contributed by atoms with E-state index in [0.29, 0.717) is 24.1 Å². The van der Waals surface area contributed by atoms with Crippen molar-refractivity contribution in [3.63, 3.8) is 0 Å². The van der Waals surface area contributed by atoms with Gasteiger partial charge in [-0.05, 0) is 44.9 Å². The molecule has 0 bridgehead atoms. The number of esters is 1. The molecule has 0 spiro atoms. The molecule has 0 aliphatic carbocycles. The predicted molar refractivity (Wildman–Crippen MR) is 192 cm³/mol. The van der Waals surface area contributed by atoms with Crippen LogP contribution in [0.4, 0.5) is 0 Å². The number of phosphoric acid groups is 1. The van der Waals surface area contributed by atoms with Gasteiger partial charge < -0.3 is 18.9 Å². The fourth-order valence-electron chi connectivity index (χ4n) is 4.62. The summed E-state index contributed by atoms with van der Waals surface area (Å²) in [4.78, 5) is 22.7. The molecule has 0 saturated heterocycles. The zero-order valence-electron chi connectivity index (χ0n) is 30.3. The number of likely N-dealkylation sites (N-methyl/N-ethyl adjacent to an activating group) is 1. The maximum Gasteiger partial charge on any atom is 0.472 e. The highest BCUT2D eigenvalue weighted by Gasteiger charge is 2.26. The zero-order valence-corrected chi connectivity index (χ0v) is 31.2. The van der Waals surface area contributed by atoms with Gasteiger partial charge in [0.25, 0.3) is 0 Å². The monoisotopic (exact) mass is 672 g/mol. The summed E-state index contributed by atoms with van der Waals surface area (Å²) >= 11 is 0. The summed E-state index contributed by atoms with van der Waals surface area (Å²) in [5.41, 5.74) is 0. The highest BCUT2D eigenvalue weighted by Crippen LogP contribution is 2.43. The van der Waals surface area contributed by atoms with Gasteiger partial charge in [-0.3, -0.25) is 13.8 Å². The van der Waals surface area contributed by atoms with Gasteiger partial charge >= 0.3 is 13.8 Å². The molecule has 9 heteroatoms. The number of unbranched alkanes of at least 4 members (excludes halogenated alkanes) is 13. The van der Waals surface area contributed by atoms with E-state index in [0.717, 1.165) is 70.6 Å². The molecule has 8 nitrogen and oxygen atoms in total. The number of allylic oxidation sites excluding steroid dienone is 6. The summed E-state index contributed by atoms with van der Waals surface area (Å²) in [7, 11) is 1.65. The summed E-state index contributed by atoms with van der Waals surface area (Å²) in [6, 6.07) is 0. The predicted octanol–water partition coefficient (Wildman–Crippen LogP) is 9.87. The highest BCUT2D eigenvalue weighted by molar-refractivity contribution is 7.47. The van der Waals surface area contributed by atoms with Crippen LogP contribution < -0.4 is 0 Å². The first-order valence-electron chi connectivity index (χ1n) is 18.2. The van der Waals surface area contributed by atoms with Crippen LogP contribution in [0.5, 0.6) is 0 Å². The molecule has 46 heavy (non-hydrogen) atoms. The molecule has 0 aliphatic heterocycles. The summed E-state index contributed by atoms with van der Waals surface area (Å²) in [5, 5.41) is 0. The van der Waals surface area contributed by atoms with Crippen LogP contribution in [0, 0.1) is 0 Å². The molecule has 1 N–H and O–H groups in total. The summed E-state index contributed by atoms with van der Waals surface area (Å²) in [5.74, 6) is -0.333. The van der Waals surface area contributed by atoms with E-state index in [4.69, 9.17) is 18.5 Å². The number of carbonyl (C=O) groups excluding carboxylic acids is 1. The van der Waals surface area contributed by atoms with Crippen molar-refractivity contribution in [1.82, 2.24) is 0 Å². The molecule has 0 aromatic rings. The first-order chi connectivity index (χ1) is 22.1. The first-order valence-corrected chi connectivity index (χ1v) is 19.7. The van der Waals surface area contributed by atoms with Crippen molar-refractivity contribution in [3.8, 4) is 0 Å². The van der Waals surface area contributed by atoms with Crippen LogP contribution in [-0.4, -0.2) is 75.6 Å². The van der Waals surface area contributed by atoms with Crippen molar-refractivity contribution < 1.29 is 37.3 Å². The van der Waals surface area contributed by atoms with Gasteiger partial charge in [-0.15, -0.1) is 0 Å². The lowest BCUT2D eigenvalue weighted by Crippen LogP contribution is -2.37. The van der Waals surface area contributed by atoms with Crippen molar-refractivity contribution in [3.05, 3.63) is 36.5 Å². The Morgan fingerprint density at radius 2 is 1.26 bits per heavy atom. The molecule has 0 fully saturated rings. The van der Waals surface area contributed by atoms with Crippen LogP contribution in [0.15, 0.2) is 36.5 Å². The van der Waals surface area contributed by atoms with E-state index in [-0.39, 0.29) is 25.8 Å². The Morgan fingerprint density at radius 3 is 1.89 bits per heavy atom. The van der Waals surface area contributed by atoms with Gasteiger partial charge in [-0.25, -0.2) is 4.57 Å². The average Bonchev–Trinajstić information content (AvgIpc) is 2.99. The first kappa shape index (κ1) is 44.7. The molecule has 0 rings (SSSR count). The second-order valence-electron chi connectivity index (χ2n) is 13.2. The molecule has 0 aromatic carbocycles. The van der Waals surface area contributed by atoms with Gasteiger partial charge in [0.15, 0.2) is 0 Å². The van der Waals surface area contributed by atoms with E-state index < -0.39 is 13.9 Å². The SMILES string of the molecule is CC/C=C\C/C=C\C/C=C\CCCCCCCC(=O)OC(COCCCCCCCCCCC)COP(=O)(O)OCC[N+](C)(C)C. The molecule has 2 atom stereocenters. The minimum Gasteiger partial charge on any atom is -0.457 e. The molecular weight excluding hydrogens is 601 g/mol.